The highest BCUT2D eigenvalue weighted by atomic mass is 19.3. The van der Waals surface area contributed by atoms with E-state index in [0.29, 0.717) is 41.4 Å². The molecule has 0 spiro atoms. The van der Waals surface area contributed by atoms with E-state index in [9.17, 15) is 13.6 Å². The lowest BCUT2D eigenvalue weighted by molar-refractivity contribution is -0.0494. The molecule has 7 nitrogen and oxygen atoms in total. The van der Waals surface area contributed by atoms with Gasteiger partial charge in [-0.25, -0.2) is 18.2 Å². The van der Waals surface area contributed by atoms with Gasteiger partial charge >= 0.3 is 0 Å². The summed E-state index contributed by atoms with van der Waals surface area (Å²) in [7, 11) is 0. The van der Waals surface area contributed by atoms with Gasteiger partial charge in [-0.15, -0.1) is 0 Å². The fourth-order valence-corrected chi connectivity index (χ4v) is 5.28. The van der Waals surface area contributed by atoms with Crippen LogP contribution >= 0.6 is 0 Å². The number of likely N-dealkylation sites (tertiary alicyclic amines) is 1. The molecule has 1 fully saturated rings. The van der Waals surface area contributed by atoms with Crippen LogP contribution in [0, 0.1) is 5.82 Å². The molecule has 3 aromatic heterocycles. The molecule has 1 aliphatic heterocycles. The van der Waals surface area contributed by atoms with E-state index in [2.05, 4.69) is 15.3 Å². The van der Waals surface area contributed by atoms with Gasteiger partial charge in [0, 0.05) is 78.7 Å². The number of halogens is 3. The second-order valence-electron chi connectivity index (χ2n) is 10.8. The molecule has 0 unspecified atom stereocenters. The second kappa shape index (κ2) is 12.3. The quantitative estimate of drug-likeness (QED) is 0.188. The van der Waals surface area contributed by atoms with Crippen molar-refractivity contribution < 1.29 is 22.4 Å². The normalized spacial score (nSPS) is 14.8. The van der Waals surface area contributed by atoms with Crippen LogP contribution in [0.2, 0.25) is 0 Å². The number of nitrogens with one attached hydrogen (secondary N) is 1. The predicted octanol–water partition coefficient (Wildman–Crippen LogP) is 6.95. The maximum Gasteiger partial charge on any atom is 0.253 e. The Hall–Kier alpha value is -4.96. The molecule has 1 amide bonds. The molecule has 1 aliphatic rings. The average molecular weight is 598 g/mol. The number of furan rings is 1. The number of aromatic nitrogens is 2. The van der Waals surface area contributed by atoms with Crippen LogP contribution in [0.3, 0.4) is 0 Å². The van der Waals surface area contributed by atoms with Crippen molar-refractivity contribution in [2.24, 2.45) is 0 Å². The van der Waals surface area contributed by atoms with Gasteiger partial charge in [0.05, 0.1) is 6.54 Å². The number of nitrogen functional groups attached to an aromatic ring is 1. The zero-order valence-corrected chi connectivity index (χ0v) is 23.8. The van der Waals surface area contributed by atoms with Crippen LogP contribution in [0.25, 0.3) is 39.3 Å². The Labute approximate surface area is 252 Å². The Morgan fingerprint density at radius 2 is 1.86 bits per heavy atom. The Kier molecular flexibility index (Phi) is 8.17. The van der Waals surface area contributed by atoms with Crippen molar-refractivity contribution in [2.75, 3.05) is 25.4 Å². The Balaban J connectivity index is 1.24. The lowest BCUT2D eigenvalue weighted by atomic mass is 9.96. The van der Waals surface area contributed by atoms with E-state index in [1.54, 1.807) is 36.8 Å². The van der Waals surface area contributed by atoms with Gasteiger partial charge < -0.3 is 20.4 Å². The number of anilines is 1. The standard InChI is InChI=1S/C34H30F3N5O2/c35-30-18-23(33(43)42-13-9-34(36,37)10-14-42)6-7-28(30)25-15-26-16-27(21-40-11-1-3-22-5-8-31(38)41-19-22)44-32(26)29(17-25)24-4-2-12-39-20-24/h1-8,12,15-20,40H,9-11,13-14,21H2,(H2,38,41). The maximum atomic E-state index is 15.6. The van der Waals surface area contributed by atoms with Gasteiger partial charge in [0.25, 0.3) is 11.8 Å². The summed E-state index contributed by atoms with van der Waals surface area (Å²) in [6.07, 6.45) is 8.24. The molecule has 6 rings (SSSR count). The first-order chi connectivity index (χ1) is 21.3. The van der Waals surface area contributed by atoms with Crippen molar-refractivity contribution in [2.45, 2.75) is 25.3 Å². The third kappa shape index (κ3) is 6.50. The van der Waals surface area contributed by atoms with Crippen molar-refractivity contribution in [1.29, 1.82) is 0 Å². The minimum atomic E-state index is -2.77. The Morgan fingerprint density at radius 1 is 1.02 bits per heavy atom. The minimum Gasteiger partial charge on any atom is -0.459 e. The number of fused-ring (bicyclic) bond motifs is 1. The molecule has 0 saturated carbocycles. The van der Waals surface area contributed by atoms with Crippen molar-refractivity contribution in [1.82, 2.24) is 20.2 Å². The highest BCUT2D eigenvalue weighted by Gasteiger charge is 2.36. The molecular formula is C34H30F3N5O2. The first-order valence-corrected chi connectivity index (χ1v) is 14.3. The summed E-state index contributed by atoms with van der Waals surface area (Å²) in [5, 5.41) is 4.12. The van der Waals surface area contributed by atoms with Crippen LogP contribution in [0.15, 0.2) is 89.7 Å². The molecule has 1 saturated heterocycles. The Morgan fingerprint density at radius 3 is 2.59 bits per heavy atom. The number of amides is 1. The summed E-state index contributed by atoms with van der Waals surface area (Å²) in [6.45, 7) is 0.940. The number of piperidine rings is 1. The maximum absolute atomic E-state index is 15.6. The number of nitrogens with two attached hydrogens (primary N) is 1. The average Bonchev–Trinajstić information content (AvgIpc) is 3.44. The van der Waals surface area contributed by atoms with Crippen LogP contribution in [-0.4, -0.2) is 46.3 Å². The van der Waals surface area contributed by atoms with E-state index in [4.69, 9.17) is 10.2 Å². The van der Waals surface area contributed by atoms with Gasteiger partial charge in [0.2, 0.25) is 0 Å². The summed E-state index contributed by atoms with van der Waals surface area (Å²) in [6, 6.07) is 17.2. The molecule has 0 atom stereocenters. The van der Waals surface area contributed by atoms with Gasteiger partial charge in [-0.2, -0.15) is 0 Å². The number of pyridine rings is 2. The number of hydrogen-bond donors (Lipinski definition) is 2. The molecule has 3 N–H and O–H groups in total. The summed E-state index contributed by atoms with van der Waals surface area (Å²) >= 11 is 0. The third-order valence-electron chi connectivity index (χ3n) is 7.63. The monoisotopic (exact) mass is 597 g/mol. The van der Waals surface area contributed by atoms with E-state index in [1.165, 1.54) is 11.0 Å². The van der Waals surface area contributed by atoms with Crippen LogP contribution < -0.4 is 11.1 Å². The fraction of sp³-hybridized carbons (Fsp3) is 0.206. The molecule has 224 valence electrons. The lowest BCUT2D eigenvalue weighted by Gasteiger charge is -2.31. The highest BCUT2D eigenvalue weighted by Crippen LogP contribution is 2.37. The molecule has 10 heteroatoms. The fourth-order valence-electron chi connectivity index (χ4n) is 5.28. The molecule has 2 aromatic carbocycles. The van der Waals surface area contributed by atoms with E-state index in [-0.39, 0.29) is 18.7 Å². The molecule has 0 bridgehead atoms. The molecule has 0 radical (unpaired) electrons. The van der Waals surface area contributed by atoms with Crippen molar-refractivity contribution in [3.8, 4) is 22.3 Å². The Bertz CT molecular complexity index is 1810. The van der Waals surface area contributed by atoms with Crippen LogP contribution in [-0.2, 0) is 6.54 Å². The van der Waals surface area contributed by atoms with Crippen LogP contribution in [0.1, 0.15) is 34.5 Å². The van der Waals surface area contributed by atoms with Crippen molar-refractivity contribution in [3.63, 3.8) is 0 Å². The number of hydrogen-bond acceptors (Lipinski definition) is 6. The minimum absolute atomic E-state index is 0.0611. The highest BCUT2D eigenvalue weighted by molar-refractivity contribution is 5.98. The second-order valence-corrected chi connectivity index (χ2v) is 10.8. The van der Waals surface area contributed by atoms with E-state index < -0.39 is 30.5 Å². The summed E-state index contributed by atoms with van der Waals surface area (Å²) in [5.74, 6) is -2.63. The van der Waals surface area contributed by atoms with Crippen molar-refractivity contribution >= 4 is 28.8 Å². The number of carbonyl (C=O) groups excluding carboxylic acids is 1. The first kappa shape index (κ1) is 29.1. The largest absolute Gasteiger partial charge is 0.459 e. The first-order valence-electron chi connectivity index (χ1n) is 14.3. The van der Waals surface area contributed by atoms with E-state index in [1.807, 2.05) is 48.6 Å². The van der Waals surface area contributed by atoms with Crippen LogP contribution in [0.4, 0.5) is 19.0 Å². The molecule has 44 heavy (non-hydrogen) atoms. The topological polar surface area (TPSA) is 97.3 Å². The predicted molar refractivity (Wildman–Crippen MR) is 164 cm³/mol. The van der Waals surface area contributed by atoms with Gasteiger partial charge in [-0.3, -0.25) is 9.78 Å². The summed E-state index contributed by atoms with van der Waals surface area (Å²) < 4.78 is 48.9. The van der Waals surface area contributed by atoms with Gasteiger partial charge in [0.1, 0.15) is 23.0 Å². The summed E-state index contributed by atoms with van der Waals surface area (Å²) in [5.41, 5.74) is 9.82. The number of alkyl halides is 2. The third-order valence-corrected chi connectivity index (χ3v) is 7.63. The number of rotatable bonds is 8. The molecule has 4 heterocycles. The van der Waals surface area contributed by atoms with Crippen molar-refractivity contribution in [3.05, 3.63) is 108 Å². The molecular weight excluding hydrogens is 567 g/mol. The van der Waals surface area contributed by atoms with Gasteiger partial charge in [0.15, 0.2) is 0 Å². The SMILES string of the molecule is Nc1ccc(C=CCNCc2cc3cc(-c4ccc(C(=O)N5CCC(F)(F)CC5)cc4F)cc(-c4cccnc4)c3o2)cn1. The lowest BCUT2D eigenvalue weighted by Crippen LogP contribution is -2.42. The smallest absolute Gasteiger partial charge is 0.253 e. The molecule has 0 aliphatic carbocycles. The van der Waals surface area contributed by atoms with Gasteiger partial charge in [-0.1, -0.05) is 24.3 Å². The molecule has 5 aromatic rings. The number of nitrogens with zero attached hydrogens (tertiary/aromatic N) is 3. The number of benzene rings is 2. The number of carbonyl (C=O) groups is 1. The van der Waals surface area contributed by atoms with Gasteiger partial charge in [-0.05, 0) is 59.7 Å². The van der Waals surface area contributed by atoms with E-state index in [0.717, 1.165) is 22.1 Å². The zero-order valence-electron chi connectivity index (χ0n) is 23.8. The zero-order chi connectivity index (χ0) is 30.7. The van der Waals surface area contributed by atoms with E-state index >= 15 is 4.39 Å². The summed E-state index contributed by atoms with van der Waals surface area (Å²) in [4.78, 5) is 22.6. The van der Waals surface area contributed by atoms with Crippen LogP contribution in [0.5, 0.6) is 0 Å².